The standard InChI is InChI=1S/C12H24N2O3/c1-2-17-8-6-13-12(16)9-14-7-4-3-5-11(14)10-15/h11,15H,2-10H2,1H3,(H,13,16)/t11-/m1/s1. The molecule has 0 spiro atoms. The fourth-order valence-corrected chi connectivity index (χ4v) is 2.12. The van der Waals surface area contributed by atoms with Gasteiger partial charge in [-0.3, -0.25) is 9.69 Å². The van der Waals surface area contributed by atoms with E-state index in [0.29, 0.717) is 26.3 Å². The molecular weight excluding hydrogens is 220 g/mol. The lowest BCUT2D eigenvalue weighted by atomic mass is 10.0. The highest BCUT2D eigenvalue weighted by atomic mass is 16.5. The van der Waals surface area contributed by atoms with Crippen LogP contribution in [-0.4, -0.2) is 61.4 Å². The molecule has 0 unspecified atom stereocenters. The van der Waals surface area contributed by atoms with Crippen LogP contribution in [0.5, 0.6) is 0 Å². The highest BCUT2D eigenvalue weighted by Crippen LogP contribution is 2.15. The minimum absolute atomic E-state index is 0.0186. The molecule has 17 heavy (non-hydrogen) atoms. The van der Waals surface area contributed by atoms with Gasteiger partial charge in [0.2, 0.25) is 5.91 Å². The molecule has 1 heterocycles. The zero-order valence-corrected chi connectivity index (χ0v) is 10.7. The topological polar surface area (TPSA) is 61.8 Å². The Balaban J connectivity index is 2.19. The molecule has 0 saturated carbocycles. The van der Waals surface area contributed by atoms with Gasteiger partial charge < -0.3 is 15.2 Å². The van der Waals surface area contributed by atoms with Crippen molar-refractivity contribution in [1.29, 1.82) is 0 Å². The number of nitrogens with zero attached hydrogens (tertiary/aromatic N) is 1. The zero-order valence-electron chi connectivity index (χ0n) is 10.7. The molecule has 5 nitrogen and oxygen atoms in total. The number of aliphatic hydroxyl groups is 1. The summed E-state index contributed by atoms with van der Waals surface area (Å²) in [4.78, 5) is 13.7. The maximum absolute atomic E-state index is 11.6. The SMILES string of the molecule is CCOCCNC(=O)CN1CCCC[C@@H]1CO. The molecular formula is C12H24N2O3. The average molecular weight is 244 g/mol. The summed E-state index contributed by atoms with van der Waals surface area (Å²) in [6, 6.07) is 0.154. The molecule has 1 aliphatic heterocycles. The second kappa shape index (κ2) is 8.44. The van der Waals surface area contributed by atoms with Crippen molar-refractivity contribution in [1.82, 2.24) is 10.2 Å². The first kappa shape index (κ1) is 14.4. The molecule has 0 aromatic rings. The number of hydrogen-bond acceptors (Lipinski definition) is 4. The van der Waals surface area contributed by atoms with E-state index in [9.17, 15) is 9.90 Å². The number of carbonyl (C=O) groups is 1. The summed E-state index contributed by atoms with van der Waals surface area (Å²) in [6.45, 7) is 5.17. The number of rotatable bonds is 7. The molecule has 0 bridgehead atoms. The molecule has 0 aliphatic carbocycles. The van der Waals surface area contributed by atoms with Crippen molar-refractivity contribution in [2.24, 2.45) is 0 Å². The molecule has 1 atom stereocenters. The van der Waals surface area contributed by atoms with E-state index in [1.165, 1.54) is 0 Å². The number of carbonyl (C=O) groups excluding carboxylic acids is 1. The Kier molecular flexibility index (Phi) is 7.16. The number of aliphatic hydroxyl groups excluding tert-OH is 1. The van der Waals surface area contributed by atoms with Crippen molar-refractivity contribution in [2.75, 3.05) is 39.5 Å². The van der Waals surface area contributed by atoms with Crippen LogP contribution in [0.2, 0.25) is 0 Å². The number of nitrogens with one attached hydrogen (secondary N) is 1. The van der Waals surface area contributed by atoms with Gasteiger partial charge in [-0.1, -0.05) is 6.42 Å². The molecule has 1 rings (SSSR count). The summed E-state index contributed by atoms with van der Waals surface area (Å²) in [6.07, 6.45) is 3.25. The van der Waals surface area contributed by atoms with E-state index in [1.54, 1.807) is 0 Å². The predicted molar refractivity (Wildman–Crippen MR) is 65.8 cm³/mol. The van der Waals surface area contributed by atoms with Gasteiger partial charge in [0.1, 0.15) is 0 Å². The Morgan fingerprint density at radius 2 is 2.35 bits per heavy atom. The maximum atomic E-state index is 11.6. The third kappa shape index (κ3) is 5.48. The van der Waals surface area contributed by atoms with Crippen molar-refractivity contribution in [2.45, 2.75) is 32.2 Å². The molecule has 0 radical (unpaired) electrons. The third-order valence-electron chi connectivity index (χ3n) is 3.08. The summed E-state index contributed by atoms with van der Waals surface area (Å²) in [5.41, 5.74) is 0. The van der Waals surface area contributed by atoms with Crippen LogP contribution >= 0.6 is 0 Å². The Morgan fingerprint density at radius 1 is 1.53 bits per heavy atom. The van der Waals surface area contributed by atoms with E-state index < -0.39 is 0 Å². The van der Waals surface area contributed by atoms with Gasteiger partial charge in [0, 0.05) is 19.2 Å². The number of likely N-dealkylation sites (tertiary alicyclic amines) is 1. The normalized spacial score (nSPS) is 21.4. The highest BCUT2D eigenvalue weighted by molar-refractivity contribution is 5.78. The monoisotopic (exact) mass is 244 g/mol. The number of amides is 1. The van der Waals surface area contributed by atoms with Crippen LogP contribution < -0.4 is 5.32 Å². The third-order valence-corrected chi connectivity index (χ3v) is 3.08. The molecule has 1 aliphatic rings. The van der Waals surface area contributed by atoms with Gasteiger partial charge in [0.05, 0.1) is 19.8 Å². The minimum Gasteiger partial charge on any atom is -0.395 e. The lowest BCUT2D eigenvalue weighted by Crippen LogP contribution is -2.47. The quantitative estimate of drug-likeness (QED) is 0.618. The molecule has 5 heteroatoms. The summed E-state index contributed by atoms with van der Waals surface area (Å²) in [7, 11) is 0. The summed E-state index contributed by atoms with van der Waals surface area (Å²) >= 11 is 0. The number of ether oxygens (including phenoxy) is 1. The van der Waals surface area contributed by atoms with Crippen molar-refractivity contribution < 1.29 is 14.6 Å². The molecule has 2 N–H and O–H groups in total. The first-order valence-electron chi connectivity index (χ1n) is 6.47. The smallest absolute Gasteiger partial charge is 0.234 e. The van der Waals surface area contributed by atoms with Gasteiger partial charge in [-0.2, -0.15) is 0 Å². The number of piperidine rings is 1. The molecule has 1 saturated heterocycles. The van der Waals surface area contributed by atoms with Crippen molar-refractivity contribution >= 4 is 5.91 Å². The van der Waals surface area contributed by atoms with Crippen LogP contribution in [0, 0.1) is 0 Å². The van der Waals surface area contributed by atoms with E-state index in [1.807, 2.05) is 6.92 Å². The summed E-state index contributed by atoms with van der Waals surface area (Å²) < 4.78 is 5.15. The lowest BCUT2D eigenvalue weighted by molar-refractivity contribution is -0.123. The van der Waals surface area contributed by atoms with Crippen LogP contribution in [0.3, 0.4) is 0 Å². The van der Waals surface area contributed by atoms with Crippen LogP contribution in [0.4, 0.5) is 0 Å². The van der Waals surface area contributed by atoms with Crippen molar-refractivity contribution in [3.05, 3.63) is 0 Å². The minimum atomic E-state index is 0.0186. The van der Waals surface area contributed by atoms with Gasteiger partial charge in [0.15, 0.2) is 0 Å². The Labute approximate surface area is 103 Å². The van der Waals surface area contributed by atoms with Crippen molar-refractivity contribution in [3.63, 3.8) is 0 Å². The second-order valence-electron chi connectivity index (χ2n) is 4.35. The largest absolute Gasteiger partial charge is 0.395 e. The number of hydrogen-bond donors (Lipinski definition) is 2. The van der Waals surface area contributed by atoms with E-state index >= 15 is 0 Å². The van der Waals surface area contributed by atoms with Crippen LogP contribution in [0.25, 0.3) is 0 Å². The van der Waals surface area contributed by atoms with Gasteiger partial charge in [-0.15, -0.1) is 0 Å². The highest BCUT2D eigenvalue weighted by Gasteiger charge is 2.23. The van der Waals surface area contributed by atoms with Gasteiger partial charge >= 0.3 is 0 Å². The van der Waals surface area contributed by atoms with E-state index in [2.05, 4.69) is 10.2 Å². The van der Waals surface area contributed by atoms with Crippen molar-refractivity contribution in [3.8, 4) is 0 Å². The second-order valence-corrected chi connectivity index (χ2v) is 4.35. The van der Waals surface area contributed by atoms with Gasteiger partial charge in [-0.25, -0.2) is 0 Å². The summed E-state index contributed by atoms with van der Waals surface area (Å²) in [5.74, 6) is 0.0186. The fourth-order valence-electron chi connectivity index (χ4n) is 2.12. The average Bonchev–Trinajstić information content (AvgIpc) is 2.35. The molecule has 100 valence electrons. The molecule has 0 aromatic heterocycles. The van der Waals surface area contributed by atoms with E-state index in [-0.39, 0.29) is 18.6 Å². The molecule has 1 amide bonds. The predicted octanol–water partition coefficient (Wildman–Crippen LogP) is -0.0141. The maximum Gasteiger partial charge on any atom is 0.234 e. The lowest BCUT2D eigenvalue weighted by Gasteiger charge is -2.33. The van der Waals surface area contributed by atoms with Crippen LogP contribution in [0.1, 0.15) is 26.2 Å². The summed E-state index contributed by atoms with van der Waals surface area (Å²) in [5, 5.41) is 12.0. The Bertz CT molecular complexity index is 224. The molecule has 0 aromatic carbocycles. The van der Waals surface area contributed by atoms with E-state index in [4.69, 9.17) is 4.74 Å². The molecule has 1 fully saturated rings. The van der Waals surface area contributed by atoms with Crippen LogP contribution in [-0.2, 0) is 9.53 Å². The zero-order chi connectivity index (χ0) is 12.5. The Hall–Kier alpha value is -0.650. The van der Waals surface area contributed by atoms with Gasteiger partial charge in [0.25, 0.3) is 0 Å². The fraction of sp³-hybridized carbons (Fsp3) is 0.917. The first-order chi connectivity index (χ1) is 8.27. The van der Waals surface area contributed by atoms with Crippen LogP contribution in [0.15, 0.2) is 0 Å². The Morgan fingerprint density at radius 3 is 3.06 bits per heavy atom. The first-order valence-corrected chi connectivity index (χ1v) is 6.47. The van der Waals surface area contributed by atoms with Gasteiger partial charge in [-0.05, 0) is 26.3 Å². The van der Waals surface area contributed by atoms with E-state index in [0.717, 1.165) is 25.8 Å².